The van der Waals surface area contributed by atoms with Crippen LogP contribution in [0.5, 0.6) is 0 Å². The zero-order chi connectivity index (χ0) is 21.7. The first-order chi connectivity index (χ1) is 15.0. The fraction of sp³-hybridized carbons (Fsp3) is 0.0952. The molecule has 0 unspecified atom stereocenters. The van der Waals surface area contributed by atoms with E-state index in [0.29, 0.717) is 10.2 Å². The summed E-state index contributed by atoms with van der Waals surface area (Å²) in [7, 11) is -3.65. The van der Waals surface area contributed by atoms with Crippen LogP contribution in [0.2, 0.25) is 5.02 Å². The lowest BCUT2D eigenvalue weighted by Gasteiger charge is -2.17. The smallest absolute Gasteiger partial charge is 0.210 e. The van der Waals surface area contributed by atoms with Gasteiger partial charge in [0.2, 0.25) is 15.2 Å². The van der Waals surface area contributed by atoms with E-state index in [1.807, 2.05) is 42.5 Å². The minimum atomic E-state index is -3.65. The van der Waals surface area contributed by atoms with E-state index in [4.69, 9.17) is 11.6 Å². The maximum Gasteiger partial charge on any atom is 0.240 e. The average molecular weight is 472 g/mol. The van der Waals surface area contributed by atoms with Gasteiger partial charge in [-0.05, 0) is 52.4 Å². The largest absolute Gasteiger partial charge is 0.240 e. The Kier molecular flexibility index (Phi) is 6.67. The third kappa shape index (κ3) is 5.31. The van der Waals surface area contributed by atoms with Crippen LogP contribution in [0.25, 0.3) is 5.69 Å². The SMILES string of the molecule is O=S(=O)(NC[C@H](Sc1nnnn1-c1ccc(Cl)cc1)c1ccccc1)c1ccccc1. The number of benzene rings is 3. The predicted octanol–water partition coefficient (Wildman–Crippen LogP) is 4.13. The van der Waals surface area contributed by atoms with Crippen LogP contribution in [0.4, 0.5) is 0 Å². The number of nitrogens with zero attached hydrogens (tertiary/aromatic N) is 4. The summed E-state index contributed by atoms with van der Waals surface area (Å²) in [5.41, 5.74) is 1.71. The van der Waals surface area contributed by atoms with Gasteiger partial charge in [-0.25, -0.2) is 13.1 Å². The van der Waals surface area contributed by atoms with Gasteiger partial charge in [0.1, 0.15) is 0 Å². The standard InChI is InChI=1S/C21H18ClN5O2S2/c22-17-11-13-18(14-12-17)27-21(24-25-26-27)30-20(16-7-3-1-4-8-16)15-23-31(28,29)19-9-5-2-6-10-19/h1-14,20,23H,15H2/t20-/m0/s1. The van der Waals surface area contributed by atoms with Crippen molar-refractivity contribution in [1.29, 1.82) is 0 Å². The first kappa shape index (κ1) is 21.5. The van der Waals surface area contributed by atoms with Crippen LogP contribution in [0.3, 0.4) is 0 Å². The highest BCUT2D eigenvalue weighted by Gasteiger charge is 2.22. The number of sulfonamides is 1. The molecule has 4 rings (SSSR count). The molecule has 0 aliphatic rings. The Morgan fingerprint density at radius 2 is 1.58 bits per heavy atom. The van der Waals surface area contributed by atoms with Gasteiger partial charge in [0.25, 0.3) is 0 Å². The topological polar surface area (TPSA) is 89.8 Å². The van der Waals surface area contributed by atoms with Crippen molar-refractivity contribution in [3.8, 4) is 5.69 Å². The molecule has 0 aliphatic heterocycles. The van der Waals surface area contributed by atoms with E-state index >= 15 is 0 Å². The summed E-state index contributed by atoms with van der Waals surface area (Å²) in [6.45, 7) is 0.166. The Hall–Kier alpha value is -2.72. The molecule has 10 heteroatoms. The highest BCUT2D eigenvalue weighted by molar-refractivity contribution is 7.99. The van der Waals surface area contributed by atoms with E-state index in [2.05, 4.69) is 20.2 Å². The minimum absolute atomic E-state index is 0.166. The zero-order valence-corrected chi connectivity index (χ0v) is 18.6. The summed E-state index contributed by atoms with van der Waals surface area (Å²) >= 11 is 7.36. The number of hydrogen-bond acceptors (Lipinski definition) is 6. The van der Waals surface area contributed by atoms with E-state index in [1.165, 1.54) is 11.8 Å². The summed E-state index contributed by atoms with van der Waals surface area (Å²) in [5.74, 6) is 0. The molecule has 0 saturated carbocycles. The lowest BCUT2D eigenvalue weighted by molar-refractivity contribution is 0.581. The van der Waals surface area contributed by atoms with Crippen molar-refractivity contribution in [1.82, 2.24) is 24.9 Å². The number of aromatic nitrogens is 4. The summed E-state index contributed by atoms with van der Waals surface area (Å²) in [5, 5.41) is 12.9. The maximum atomic E-state index is 12.7. The lowest BCUT2D eigenvalue weighted by atomic mass is 10.1. The summed E-state index contributed by atoms with van der Waals surface area (Å²) in [6.07, 6.45) is 0. The number of hydrogen-bond donors (Lipinski definition) is 1. The molecule has 0 amide bonds. The molecule has 158 valence electrons. The summed E-state index contributed by atoms with van der Waals surface area (Å²) < 4.78 is 29.7. The van der Waals surface area contributed by atoms with Crippen molar-refractivity contribution in [2.24, 2.45) is 0 Å². The van der Waals surface area contributed by atoms with Crippen LogP contribution < -0.4 is 4.72 Å². The molecule has 1 N–H and O–H groups in total. The molecule has 0 radical (unpaired) electrons. The van der Waals surface area contributed by atoms with Gasteiger partial charge in [-0.2, -0.15) is 4.68 Å². The number of nitrogens with one attached hydrogen (secondary N) is 1. The van der Waals surface area contributed by atoms with E-state index in [-0.39, 0.29) is 16.7 Å². The monoisotopic (exact) mass is 471 g/mol. The Labute approximate surface area is 189 Å². The third-order valence-electron chi connectivity index (χ3n) is 4.44. The fourth-order valence-corrected chi connectivity index (χ4v) is 5.23. The number of tetrazole rings is 1. The van der Waals surface area contributed by atoms with Gasteiger partial charge in [-0.3, -0.25) is 0 Å². The second-order valence-electron chi connectivity index (χ2n) is 6.53. The molecule has 1 aromatic heterocycles. The number of rotatable bonds is 8. The van der Waals surface area contributed by atoms with Crippen LogP contribution >= 0.6 is 23.4 Å². The molecule has 0 bridgehead atoms. The van der Waals surface area contributed by atoms with Crippen molar-refractivity contribution in [2.75, 3.05) is 6.54 Å². The number of thioether (sulfide) groups is 1. The Bertz CT molecular complexity index is 1230. The van der Waals surface area contributed by atoms with Gasteiger partial charge < -0.3 is 0 Å². The van der Waals surface area contributed by atoms with E-state index in [0.717, 1.165) is 11.3 Å². The van der Waals surface area contributed by atoms with Gasteiger partial charge in [-0.1, -0.05) is 71.9 Å². The second-order valence-corrected chi connectivity index (χ2v) is 9.91. The van der Waals surface area contributed by atoms with Gasteiger partial charge in [-0.15, -0.1) is 5.10 Å². The van der Waals surface area contributed by atoms with Crippen molar-refractivity contribution in [3.63, 3.8) is 0 Å². The zero-order valence-electron chi connectivity index (χ0n) is 16.2. The predicted molar refractivity (Wildman–Crippen MR) is 121 cm³/mol. The van der Waals surface area contributed by atoms with Crippen LogP contribution in [0.1, 0.15) is 10.8 Å². The van der Waals surface area contributed by atoms with Gasteiger partial charge in [0, 0.05) is 11.6 Å². The molecule has 7 nitrogen and oxygen atoms in total. The normalized spacial score (nSPS) is 12.5. The molecule has 0 fully saturated rings. The number of halogens is 1. The minimum Gasteiger partial charge on any atom is -0.210 e. The first-order valence-electron chi connectivity index (χ1n) is 9.33. The van der Waals surface area contributed by atoms with E-state index in [1.54, 1.807) is 47.1 Å². The highest BCUT2D eigenvalue weighted by atomic mass is 35.5. The lowest BCUT2D eigenvalue weighted by Crippen LogP contribution is -2.27. The van der Waals surface area contributed by atoms with Crippen LogP contribution in [0, 0.1) is 0 Å². The Morgan fingerprint density at radius 3 is 2.26 bits per heavy atom. The molecule has 1 heterocycles. The molecule has 0 spiro atoms. The van der Waals surface area contributed by atoms with Crippen LogP contribution in [-0.4, -0.2) is 35.2 Å². The van der Waals surface area contributed by atoms with Crippen molar-refractivity contribution in [2.45, 2.75) is 15.3 Å². The van der Waals surface area contributed by atoms with E-state index in [9.17, 15) is 8.42 Å². The highest BCUT2D eigenvalue weighted by Crippen LogP contribution is 2.34. The molecule has 0 saturated heterocycles. The quantitative estimate of drug-likeness (QED) is 0.389. The second kappa shape index (κ2) is 9.61. The molecule has 31 heavy (non-hydrogen) atoms. The molecular formula is C21H18ClN5O2S2. The van der Waals surface area contributed by atoms with Crippen molar-refractivity contribution < 1.29 is 8.42 Å². The Balaban J connectivity index is 1.59. The first-order valence-corrected chi connectivity index (χ1v) is 12.1. The van der Waals surface area contributed by atoms with Gasteiger partial charge >= 0.3 is 0 Å². The summed E-state index contributed by atoms with van der Waals surface area (Å²) in [6, 6.07) is 25.1. The van der Waals surface area contributed by atoms with Gasteiger partial charge in [0.05, 0.1) is 15.8 Å². The van der Waals surface area contributed by atoms with Crippen LogP contribution in [0.15, 0.2) is 95.0 Å². The average Bonchev–Trinajstić information content (AvgIpc) is 3.26. The molecule has 0 aliphatic carbocycles. The third-order valence-corrected chi connectivity index (χ3v) is 7.32. The van der Waals surface area contributed by atoms with E-state index < -0.39 is 10.0 Å². The molecule has 4 aromatic rings. The molecular weight excluding hydrogens is 454 g/mol. The van der Waals surface area contributed by atoms with Gasteiger partial charge in [0.15, 0.2) is 0 Å². The summed E-state index contributed by atoms with van der Waals surface area (Å²) in [4.78, 5) is 0.220. The molecule has 1 atom stereocenters. The van der Waals surface area contributed by atoms with Crippen molar-refractivity contribution in [3.05, 3.63) is 95.5 Å². The Morgan fingerprint density at radius 1 is 0.935 bits per heavy atom. The fourth-order valence-electron chi connectivity index (χ4n) is 2.89. The van der Waals surface area contributed by atoms with Crippen molar-refractivity contribution >= 4 is 33.4 Å². The van der Waals surface area contributed by atoms with Crippen LogP contribution in [-0.2, 0) is 10.0 Å². The maximum absolute atomic E-state index is 12.7. The molecule has 3 aromatic carbocycles.